The molecule has 0 radical (unpaired) electrons. The van der Waals surface area contributed by atoms with Gasteiger partial charge >= 0.3 is 6.03 Å². The highest BCUT2D eigenvalue weighted by molar-refractivity contribution is 6.39. The number of imide groups is 2. The number of carbonyl (C=O) groups excluding carboxylic acids is 4. The van der Waals surface area contributed by atoms with Crippen LogP contribution in [-0.2, 0) is 14.4 Å². The fraction of sp³-hybridized carbons (Fsp3) is 0.111. The number of ether oxygens (including phenoxy) is 2. The Labute approximate surface area is 227 Å². The molecule has 38 heavy (non-hydrogen) atoms. The van der Waals surface area contributed by atoms with Crippen LogP contribution in [-0.4, -0.2) is 37.0 Å². The fourth-order valence-corrected chi connectivity index (χ4v) is 3.78. The Kier molecular flexibility index (Phi) is 8.30. The van der Waals surface area contributed by atoms with Crippen molar-refractivity contribution in [2.45, 2.75) is 6.92 Å². The van der Waals surface area contributed by atoms with Crippen LogP contribution in [0.3, 0.4) is 0 Å². The molecule has 4 rings (SSSR count). The molecular formula is C27H21Cl2N3O6. The molecule has 9 nitrogen and oxygen atoms in total. The Hall–Kier alpha value is -4.34. The number of hydrogen-bond donors (Lipinski definition) is 2. The summed E-state index contributed by atoms with van der Waals surface area (Å²) in [6.45, 7) is 1.78. The third-order valence-corrected chi connectivity index (χ3v) is 5.76. The molecule has 0 aromatic heterocycles. The predicted molar refractivity (Wildman–Crippen MR) is 144 cm³/mol. The molecule has 11 heteroatoms. The van der Waals surface area contributed by atoms with E-state index in [2.05, 4.69) is 10.6 Å². The Morgan fingerprint density at radius 3 is 2.24 bits per heavy atom. The van der Waals surface area contributed by atoms with Gasteiger partial charge in [-0.1, -0.05) is 29.3 Å². The maximum absolute atomic E-state index is 13.1. The van der Waals surface area contributed by atoms with Crippen molar-refractivity contribution in [2.75, 3.05) is 23.4 Å². The molecule has 3 aromatic rings. The second-order valence-electron chi connectivity index (χ2n) is 7.92. The van der Waals surface area contributed by atoms with Crippen molar-refractivity contribution in [1.82, 2.24) is 5.32 Å². The number of urea groups is 1. The van der Waals surface area contributed by atoms with Crippen molar-refractivity contribution >= 4 is 64.4 Å². The Morgan fingerprint density at radius 1 is 0.921 bits per heavy atom. The van der Waals surface area contributed by atoms with Gasteiger partial charge in [-0.2, -0.15) is 0 Å². The van der Waals surface area contributed by atoms with Gasteiger partial charge in [-0.25, -0.2) is 9.69 Å². The van der Waals surface area contributed by atoms with E-state index in [4.69, 9.17) is 32.7 Å². The van der Waals surface area contributed by atoms with Gasteiger partial charge in [0.1, 0.15) is 5.57 Å². The number of nitrogens with zero attached hydrogens (tertiary/aromatic N) is 1. The maximum atomic E-state index is 13.1. The number of carbonyl (C=O) groups is 4. The van der Waals surface area contributed by atoms with Gasteiger partial charge in [0, 0.05) is 15.7 Å². The van der Waals surface area contributed by atoms with E-state index in [9.17, 15) is 19.2 Å². The van der Waals surface area contributed by atoms with Crippen molar-refractivity contribution in [3.63, 3.8) is 0 Å². The highest BCUT2D eigenvalue weighted by Crippen LogP contribution is 2.30. The monoisotopic (exact) mass is 553 g/mol. The van der Waals surface area contributed by atoms with Gasteiger partial charge in [0.25, 0.3) is 17.7 Å². The first kappa shape index (κ1) is 26.7. The topological polar surface area (TPSA) is 114 Å². The largest absolute Gasteiger partial charge is 0.490 e. The summed E-state index contributed by atoms with van der Waals surface area (Å²) < 4.78 is 11.3. The zero-order chi connectivity index (χ0) is 27.2. The van der Waals surface area contributed by atoms with Gasteiger partial charge < -0.3 is 14.8 Å². The molecule has 1 saturated heterocycles. The molecule has 0 saturated carbocycles. The molecule has 0 bridgehead atoms. The molecule has 2 N–H and O–H groups in total. The van der Waals surface area contributed by atoms with Crippen LogP contribution in [0.1, 0.15) is 12.5 Å². The SMILES string of the molecule is CCOc1cc(/C=C2\C(=O)NC(=O)N(c3ccc(Cl)cc3)C2=O)ccc1OCC(=O)Nc1ccc(Cl)cc1. The van der Waals surface area contributed by atoms with E-state index >= 15 is 0 Å². The van der Waals surface area contributed by atoms with E-state index in [1.54, 1.807) is 49.4 Å². The summed E-state index contributed by atoms with van der Waals surface area (Å²) >= 11 is 11.8. The van der Waals surface area contributed by atoms with Crippen LogP contribution in [0.2, 0.25) is 10.0 Å². The van der Waals surface area contributed by atoms with Crippen LogP contribution in [0.4, 0.5) is 16.2 Å². The summed E-state index contributed by atoms with van der Waals surface area (Å²) in [6.07, 6.45) is 1.34. The Morgan fingerprint density at radius 2 is 1.58 bits per heavy atom. The van der Waals surface area contributed by atoms with E-state index in [1.807, 2.05) is 0 Å². The zero-order valence-electron chi connectivity index (χ0n) is 20.0. The number of amides is 5. The van der Waals surface area contributed by atoms with E-state index in [-0.39, 0.29) is 23.6 Å². The van der Waals surface area contributed by atoms with Crippen molar-refractivity contribution in [3.8, 4) is 11.5 Å². The molecule has 1 heterocycles. The predicted octanol–water partition coefficient (Wildman–Crippen LogP) is 5.08. The molecule has 5 amide bonds. The van der Waals surface area contributed by atoms with Crippen molar-refractivity contribution in [3.05, 3.63) is 87.9 Å². The molecular weight excluding hydrogens is 533 g/mol. The van der Waals surface area contributed by atoms with Gasteiger partial charge in [0.15, 0.2) is 18.1 Å². The lowest BCUT2D eigenvalue weighted by molar-refractivity contribution is -0.122. The third-order valence-electron chi connectivity index (χ3n) is 5.25. The minimum Gasteiger partial charge on any atom is -0.490 e. The minimum absolute atomic E-state index is 0.252. The number of nitrogens with one attached hydrogen (secondary N) is 2. The highest BCUT2D eigenvalue weighted by Gasteiger charge is 2.36. The molecule has 1 fully saturated rings. The molecule has 194 valence electrons. The van der Waals surface area contributed by atoms with E-state index in [0.717, 1.165) is 4.90 Å². The van der Waals surface area contributed by atoms with Gasteiger partial charge in [0.05, 0.1) is 12.3 Å². The van der Waals surface area contributed by atoms with Gasteiger partial charge in [-0.05, 0) is 79.2 Å². The van der Waals surface area contributed by atoms with Gasteiger partial charge in [0.2, 0.25) is 0 Å². The van der Waals surface area contributed by atoms with Crippen LogP contribution in [0.5, 0.6) is 11.5 Å². The number of barbiturate groups is 1. The van der Waals surface area contributed by atoms with Crippen LogP contribution in [0.25, 0.3) is 6.08 Å². The molecule has 1 aliphatic rings. The van der Waals surface area contributed by atoms with Crippen molar-refractivity contribution < 1.29 is 28.7 Å². The summed E-state index contributed by atoms with van der Waals surface area (Å²) in [5.74, 6) is -1.42. The first-order valence-corrected chi connectivity index (χ1v) is 12.1. The van der Waals surface area contributed by atoms with E-state index in [0.29, 0.717) is 33.7 Å². The van der Waals surface area contributed by atoms with Crippen LogP contribution >= 0.6 is 23.2 Å². The number of anilines is 2. The normalized spacial score (nSPS) is 14.3. The number of halogens is 2. The lowest BCUT2D eigenvalue weighted by Gasteiger charge is -2.26. The maximum Gasteiger partial charge on any atom is 0.335 e. The summed E-state index contributed by atoms with van der Waals surface area (Å²) in [5, 5.41) is 5.84. The summed E-state index contributed by atoms with van der Waals surface area (Å²) in [7, 11) is 0. The lowest BCUT2D eigenvalue weighted by atomic mass is 10.1. The average Bonchev–Trinajstić information content (AvgIpc) is 2.88. The summed E-state index contributed by atoms with van der Waals surface area (Å²) in [5.41, 5.74) is 1.01. The highest BCUT2D eigenvalue weighted by atomic mass is 35.5. The molecule has 0 unspecified atom stereocenters. The number of benzene rings is 3. The number of rotatable bonds is 8. The second-order valence-corrected chi connectivity index (χ2v) is 8.79. The average molecular weight is 554 g/mol. The lowest BCUT2D eigenvalue weighted by Crippen LogP contribution is -2.54. The molecule has 0 atom stereocenters. The Balaban J connectivity index is 1.52. The van der Waals surface area contributed by atoms with Crippen molar-refractivity contribution in [1.29, 1.82) is 0 Å². The first-order valence-electron chi connectivity index (χ1n) is 11.4. The molecule has 0 spiro atoms. The standard InChI is InChI=1S/C27H21Cl2N3O6/c1-2-37-23-14-16(3-12-22(23)38-15-24(33)30-19-8-4-17(28)5-9-19)13-21-25(34)31-27(36)32(26(21)35)20-10-6-18(29)7-11-20/h3-14H,2,15H2,1H3,(H,30,33)(H,31,34,36)/b21-13+. The summed E-state index contributed by atoms with van der Waals surface area (Å²) in [6, 6.07) is 16.5. The molecule has 3 aromatic carbocycles. The van der Waals surface area contributed by atoms with Gasteiger partial charge in [-0.3, -0.25) is 19.7 Å². The van der Waals surface area contributed by atoms with Crippen LogP contribution < -0.4 is 25.0 Å². The smallest absolute Gasteiger partial charge is 0.335 e. The van der Waals surface area contributed by atoms with Crippen LogP contribution in [0, 0.1) is 0 Å². The molecule has 0 aliphatic carbocycles. The second kappa shape index (κ2) is 11.8. The van der Waals surface area contributed by atoms with Gasteiger partial charge in [-0.15, -0.1) is 0 Å². The molecule has 1 aliphatic heterocycles. The summed E-state index contributed by atoms with van der Waals surface area (Å²) in [4.78, 5) is 51.1. The fourth-order valence-electron chi connectivity index (χ4n) is 3.52. The Bertz CT molecular complexity index is 1420. The zero-order valence-corrected chi connectivity index (χ0v) is 21.5. The third kappa shape index (κ3) is 6.31. The van der Waals surface area contributed by atoms with E-state index in [1.165, 1.54) is 30.3 Å². The number of hydrogen-bond acceptors (Lipinski definition) is 6. The van der Waals surface area contributed by atoms with Crippen LogP contribution in [0.15, 0.2) is 72.3 Å². The van der Waals surface area contributed by atoms with Crippen molar-refractivity contribution in [2.24, 2.45) is 0 Å². The quantitative estimate of drug-likeness (QED) is 0.297. The minimum atomic E-state index is -0.866. The van der Waals surface area contributed by atoms with E-state index < -0.39 is 23.8 Å². The first-order chi connectivity index (χ1) is 18.2.